The summed E-state index contributed by atoms with van der Waals surface area (Å²) in [5.41, 5.74) is 1.07. The zero-order valence-electron chi connectivity index (χ0n) is 12.2. The van der Waals surface area contributed by atoms with Gasteiger partial charge < -0.3 is 10.4 Å². The number of carbonyl (C=O) groups is 1. The third-order valence-corrected chi connectivity index (χ3v) is 3.52. The van der Waals surface area contributed by atoms with Crippen molar-refractivity contribution in [1.29, 1.82) is 0 Å². The van der Waals surface area contributed by atoms with Crippen LogP contribution in [0.25, 0.3) is 5.69 Å². The molecule has 0 spiro atoms. The van der Waals surface area contributed by atoms with Crippen LogP contribution in [-0.2, 0) is 0 Å². The highest BCUT2D eigenvalue weighted by atomic mass is 16.3. The van der Waals surface area contributed by atoms with E-state index in [1.54, 1.807) is 35.4 Å². The van der Waals surface area contributed by atoms with Crippen molar-refractivity contribution in [1.82, 2.24) is 20.1 Å². The molecule has 0 aliphatic rings. The van der Waals surface area contributed by atoms with Crippen LogP contribution >= 0.6 is 0 Å². The van der Waals surface area contributed by atoms with Gasteiger partial charge in [-0.05, 0) is 24.1 Å². The van der Waals surface area contributed by atoms with E-state index in [9.17, 15) is 9.90 Å². The number of carbonyl (C=O) groups excluding carboxylic acids is 1. The molecule has 2 aromatic heterocycles. The first-order valence-electron chi connectivity index (χ1n) is 7.04. The highest BCUT2D eigenvalue weighted by molar-refractivity contribution is 5.92. The molecule has 112 valence electrons. The van der Waals surface area contributed by atoms with Crippen molar-refractivity contribution in [2.24, 2.45) is 5.92 Å². The lowest BCUT2D eigenvalue weighted by atomic mass is 10.0. The molecule has 6 heteroatoms. The first kappa shape index (κ1) is 15.2. The zero-order valence-corrected chi connectivity index (χ0v) is 12.2. The van der Waals surface area contributed by atoms with Crippen molar-refractivity contribution in [3.63, 3.8) is 0 Å². The van der Waals surface area contributed by atoms with Crippen molar-refractivity contribution in [3.05, 3.63) is 42.5 Å². The van der Waals surface area contributed by atoms with Crippen molar-refractivity contribution < 1.29 is 9.90 Å². The Kier molecular flexibility index (Phi) is 5.05. The van der Waals surface area contributed by atoms with Crippen LogP contribution < -0.4 is 5.32 Å². The van der Waals surface area contributed by atoms with E-state index in [0.717, 1.165) is 12.1 Å². The van der Waals surface area contributed by atoms with Crippen molar-refractivity contribution >= 4 is 5.91 Å². The molecule has 2 unspecified atom stereocenters. The van der Waals surface area contributed by atoms with Gasteiger partial charge in [0.2, 0.25) is 0 Å². The lowest BCUT2D eigenvalue weighted by molar-refractivity contribution is 0.0846. The molecule has 21 heavy (non-hydrogen) atoms. The molecule has 2 rings (SSSR count). The van der Waals surface area contributed by atoms with Gasteiger partial charge in [-0.25, -0.2) is 4.68 Å². The van der Waals surface area contributed by atoms with E-state index in [2.05, 4.69) is 15.4 Å². The van der Waals surface area contributed by atoms with Crippen LogP contribution in [0.4, 0.5) is 0 Å². The number of aromatic nitrogens is 3. The molecule has 0 saturated carbocycles. The number of hydrogen-bond donors (Lipinski definition) is 2. The molecule has 1 amide bonds. The Morgan fingerprint density at radius 2 is 2.29 bits per heavy atom. The van der Waals surface area contributed by atoms with E-state index < -0.39 is 6.10 Å². The van der Waals surface area contributed by atoms with Crippen LogP contribution in [0, 0.1) is 5.92 Å². The molecule has 0 aromatic carbocycles. The molecule has 2 aromatic rings. The van der Waals surface area contributed by atoms with Gasteiger partial charge in [0.25, 0.3) is 5.91 Å². The van der Waals surface area contributed by atoms with E-state index in [1.165, 1.54) is 0 Å². The van der Waals surface area contributed by atoms with Gasteiger partial charge in [0.1, 0.15) is 5.69 Å². The van der Waals surface area contributed by atoms with Crippen LogP contribution in [0.15, 0.2) is 36.8 Å². The third-order valence-electron chi connectivity index (χ3n) is 3.52. The minimum Gasteiger partial charge on any atom is -0.391 e. The predicted molar refractivity (Wildman–Crippen MR) is 79.2 cm³/mol. The Morgan fingerprint density at radius 3 is 2.95 bits per heavy atom. The van der Waals surface area contributed by atoms with E-state index in [0.29, 0.717) is 5.69 Å². The molecule has 0 bridgehead atoms. The van der Waals surface area contributed by atoms with Crippen LogP contribution in [0.3, 0.4) is 0 Å². The number of nitrogens with one attached hydrogen (secondary N) is 1. The average Bonchev–Trinajstić information content (AvgIpc) is 3.06. The van der Waals surface area contributed by atoms with Gasteiger partial charge in [-0.15, -0.1) is 0 Å². The zero-order chi connectivity index (χ0) is 15.2. The topological polar surface area (TPSA) is 80.0 Å². The summed E-state index contributed by atoms with van der Waals surface area (Å²) in [5, 5.41) is 16.7. The summed E-state index contributed by atoms with van der Waals surface area (Å²) >= 11 is 0. The Morgan fingerprint density at radius 1 is 1.48 bits per heavy atom. The summed E-state index contributed by atoms with van der Waals surface area (Å²) in [6, 6.07) is 5.25. The molecule has 0 radical (unpaired) electrons. The minimum atomic E-state index is -0.548. The number of hydrogen-bond acceptors (Lipinski definition) is 4. The second kappa shape index (κ2) is 6.99. The van der Waals surface area contributed by atoms with Gasteiger partial charge in [-0.1, -0.05) is 20.3 Å². The summed E-state index contributed by atoms with van der Waals surface area (Å²) in [5.74, 6) is -0.153. The maximum absolute atomic E-state index is 12.1. The molecule has 2 heterocycles. The van der Waals surface area contributed by atoms with E-state index in [1.807, 2.05) is 19.9 Å². The van der Waals surface area contributed by atoms with E-state index in [4.69, 9.17) is 0 Å². The lowest BCUT2D eigenvalue weighted by Crippen LogP contribution is -2.35. The summed E-state index contributed by atoms with van der Waals surface area (Å²) < 4.78 is 1.66. The lowest BCUT2D eigenvalue weighted by Gasteiger charge is -2.17. The smallest absolute Gasteiger partial charge is 0.270 e. The summed E-state index contributed by atoms with van der Waals surface area (Å²) in [6.07, 6.45) is 5.35. The van der Waals surface area contributed by atoms with E-state index >= 15 is 0 Å². The maximum atomic E-state index is 12.1. The molecule has 0 aliphatic heterocycles. The molecule has 2 N–H and O–H groups in total. The van der Waals surface area contributed by atoms with Gasteiger partial charge in [0.05, 0.1) is 11.8 Å². The average molecular weight is 288 g/mol. The summed E-state index contributed by atoms with van der Waals surface area (Å²) in [7, 11) is 0. The summed E-state index contributed by atoms with van der Waals surface area (Å²) in [4.78, 5) is 16.1. The van der Waals surface area contributed by atoms with Crippen LogP contribution in [0.2, 0.25) is 0 Å². The standard InChI is InChI=1S/C15H20N4O2/c1-3-11(2)14(20)10-17-15(21)13-9-12(5-7-16-13)19-8-4-6-18-19/h4-9,11,14,20H,3,10H2,1-2H3,(H,17,21). The van der Waals surface area contributed by atoms with Gasteiger partial charge >= 0.3 is 0 Å². The molecular weight excluding hydrogens is 268 g/mol. The minimum absolute atomic E-state index is 0.147. The molecule has 0 saturated heterocycles. The van der Waals surface area contributed by atoms with Gasteiger partial charge in [0.15, 0.2) is 0 Å². The summed E-state index contributed by atoms with van der Waals surface area (Å²) in [6.45, 7) is 4.18. The fraction of sp³-hybridized carbons (Fsp3) is 0.400. The van der Waals surface area contributed by atoms with Crippen molar-refractivity contribution in [3.8, 4) is 5.69 Å². The van der Waals surface area contributed by atoms with Crippen LogP contribution in [0.5, 0.6) is 0 Å². The number of rotatable bonds is 6. The fourth-order valence-corrected chi connectivity index (χ4v) is 1.87. The van der Waals surface area contributed by atoms with Gasteiger partial charge in [0, 0.05) is 25.1 Å². The molecule has 0 aliphatic carbocycles. The number of aliphatic hydroxyl groups is 1. The maximum Gasteiger partial charge on any atom is 0.270 e. The predicted octanol–water partition coefficient (Wildman–Crippen LogP) is 1.40. The molecule has 6 nitrogen and oxygen atoms in total. The largest absolute Gasteiger partial charge is 0.391 e. The Labute approximate surface area is 123 Å². The monoisotopic (exact) mass is 288 g/mol. The second-order valence-electron chi connectivity index (χ2n) is 5.01. The highest BCUT2D eigenvalue weighted by Gasteiger charge is 2.15. The number of aliphatic hydroxyl groups excluding tert-OH is 1. The number of nitrogens with zero attached hydrogens (tertiary/aromatic N) is 3. The SMILES string of the molecule is CCC(C)C(O)CNC(=O)c1cc(-n2cccn2)ccn1. The highest BCUT2D eigenvalue weighted by Crippen LogP contribution is 2.08. The molecule has 2 atom stereocenters. The van der Waals surface area contributed by atoms with Crippen molar-refractivity contribution in [2.45, 2.75) is 26.4 Å². The van der Waals surface area contributed by atoms with Crippen LogP contribution in [-0.4, -0.2) is 38.4 Å². The Bertz CT molecular complexity index is 583. The quantitative estimate of drug-likeness (QED) is 0.842. The fourth-order valence-electron chi connectivity index (χ4n) is 1.87. The normalized spacial score (nSPS) is 13.7. The van der Waals surface area contributed by atoms with Crippen LogP contribution in [0.1, 0.15) is 30.8 Å². The molecule has 0 fully saturated rings. The number of amides is 1. The van der Waals surface area contributed by atoms with Crippen molar-refractivity contribution in [2.75, 3.05) is 6.54 Å². The number of pyridine rings is 1. The van der Waals surface area contributed by atoms with E-state index in [-0.39, 0.29) is 18.4 Å². The second-order valence-corrected chi connectivity index (χ2v) is 5.01. The Hall–Kier alpha value is -2.21. The van der Waals surface area contributed by atoms with Gasteiger partial charge in [-0.2, -0.15) is 5.10 Å². The first-order valence-corrected chi connectivity index (χ1v) is 7.04. The van der Waals surface area contributed by atoms with Gasteiger partial charge in [-0.3, -0.25) is 9.78 Å². The Balaban J connectivity index is 2.01. The first-order chi connectivity index (χ1) is 10.1. The molecular formula is C15H20N4O2. The third kappa shape index (κ3) is 3.88.